The third-order valence-electron chi connectivity index (χ3n) is 4.95. The van der Waals surface area contributed by atoms with E-state index >= 15 is 0 Å². The molecule has 1 atom stereocenters. The van der Waals surface area contributed by atoms with Crippen molar-refractivity contribution in [1.29, 1.82) is 0 Å². The lowest BCUT2D eigenvalue weighted by Crippen LogP contribution is -2.52. The molecule has 0 bridgehead atoms. The lowest BCUT2D eigenvalue weighted by atomic mass is 10.1. The minimum absolute atomic E-state index is 0.761. The summed E-state index contributed by atoms with van der Waals surface area (Å²) in [6.45, 7) is 5.68. The van der Waals surface area contributed by atoms with E-state index in [1.165, 1.54) is 56.6 Å². The van der Waals surface area contributed by atoms with Gasteiger partial charge in [-0.05, 0) is 42.4 Å². The summed E-state index contributed by atoms with van der Waals surface area (Å²) >= 11 is 0. The third kappa shape index (κ3) is 2.70. The molecule has 1 N–H and O–H groups in total. The van der Waals surface area contributed by atoms with Gasteiger partial charge in [-0.25, -0.2) is 0 Å². The molecule has 3 heteroatoms. The van der Waals surface area contributed by atoms with Crippen LogP contribution < -0.4 is 10.1 Å². The van der Waals surface area contributed by atoms with Crippen molar-refractivity contribution in [2.45, 2.75) is 31.7 Å². The molecule has 20 heavy (non-hydrogen) atoms. The zero-order valence-corrected chi connectivity index (χ0v) is 12.1. The van der Waals surface area contributed by atoms with Gasteiger partial charge in [-0.1, -0.05) is 12.1 Å². The normalized spacial score (nSPS) is 26.3. The Morgan fingerprint density at radius 2 is 2.25 bits per heavy atom. The standard InChI is InChI=1S/C17H24N2O/c1-4-17-15(6-10-20-17)11-13(1)5-8-19-9-7-18-16(12-19)14-2-3-14/h1,4,11,14,16,18H,2-3,5-10,12H2. The SMILES string of the molecule is c1cc2c(cc1CCN1CCNC(C3CC3)C1)CCO2. The number of piperazine rings is 1. The summed E-state index contributed by atoms with van der Waals surface area (Å²) < 4.78 is 5.58. The number of benzene rings is 1. The summed E-state index contributed by atoms with van der Waals surface area (Å²) in [5.41, 5.74) is 2.87. The van der Waals surface area contributed by atoms with E-state index in [0.717, 1.165) is 30.7 Å². The molecule has 1 aromatic rings. The fourth-order valence-electron chi connectivity index (χ4n) is 3.54. The molecule has 0 spiro atoms. The predicted octanol–water partition coefficient (Wildman–Crippen LogP) is 1.85. The number of fused-ring (bicyclic) bond motifs is 1. The zero-order valence-electron chi connectivity index (χ0n) is 12.1. The van der Waals surface area contributed by atoms with Gasteiger partial charge in [0.05, 0.1) is 6.61 Å². The second kappa shape index (κ2) is 5.38. The van der Waals surface area contributed by atoms with Gasteiger partial charge in [0.1, 0.15) is 5.75 Å². The lowest BCUT2D eigenvalue weighted by Gasteiger charge is -2.33. The minimum Gasteiger partial charge on any atom is -0.493 e. The monoisotopic (exact) mass is 272 g/mol. The van der Waals surface area contributed by atoms with E-state index in [9.17, 15) is 0 Å². The van der Waals surface area contributed by atoms with Crippen molar-refractivity contribution in [3.05, 3.63) is 29.3 Å². The van der Waals surface area contributed by atoms with E-state index in [1.807, 2.05) is 0 Å². The topological polar surface area (TPSA) is 24.5 Å². The van der Waals surface area contributed by atoms with Crippen molar-refractivity contribution in [3.63, 3.8) is 0 Å². The molecule has 3 nitrogen and oxygen atoms in total. The molecular formula is C17H24N2O. The van der Waals surface area contributed by atoms with E-state index in [2.05, 4.69) is 28.4 Å². The van der Waals surface area contributed by atoms with E-state index in [4.69, 9.17) is 4.74 Å². The summed E-state index contributed by atoms with van der Waals surface area (Å²) in [4.78, 5) is 2.64. The van der Waals surface area contributed by atoms with Crippen molar-refractivity contribution in [2.75, 3.05) is 32.8 Å². The maximum absolute atomic E-state index is 5.58. The lowest BCUT2D eigenvalue weighted by molar-refractivity contribution is 0.190. The van der Waals surface area contributed by atoms with Crippen LogP contribution in [0, 0.1) is 5.92 Å². The fraction of sp³-hybridized carbons (Fsp3) is 0.647. The number of nitrogens with zero attached hydrogens (tertiary/aromatic N) is 1. The minimum atomic E-state index is 0.761. The number of ether oxygens (including phenoxy) is 1. The van der Waals surface area contributed by atoms with Gasteiger partial charge in [-0.2, -0.15) is 0 Å². The van der Waals surface area contributed by atoms with Gasteiger partial charge in [0.25, 0.3) is 0 Å². The van der Waals surface area contributed by atoms with Crippen LogP contribution in [0.25, 0.3) is 0 Å². The molecule has 1 saturated carbocycles. The molecule has 2 heterocycles. The van der Waals surface area contributed by atoms with Crippen LogP contribution in [0.15, 0.2) is 18.2 Å². The molecule has 0 amide bonds. The Morgan fingerprint density at radius 1 is 1.30 bits per heavy atom. The molecule has 2 fully saturated rings. The Hall–Kier alpha value is -1.06. The van der Waals surface area contributed by atoms with Crippen molar-refractivity contribution in [1.82, 2.24) is 10.2 Å². The van der Waals surface area contributed by atoms with Crippen LogP contribution in [0.4, 0.5) is 0 Å². The summed E-state index contributed by atoms with van der Waals surface area (Å²) in [6.07, 6.45) is 5.14. The van der Waals surface area contributed by atoms with Gasteiger partial charge in [0.2, 0.25) is 0 Å². The molecule has 1 saturated heterocycles. The van der Waals surface area contributed by atoms with Crippen molar-refractivity contribution >= 4 is 0 Å². The van der Waals surface area contributed by atoms with Crippen LogP contribution in [0.3, 0.4) is 0 Å². The van der Waals surface area contributed by atoms with E-state index in [1.54, 1.807) is 0 Å². The largest absolute Gasteiger partial charge is 0.493 e. The third-order valence-corrected chi connectivity index (χ3v) is 4.95. The van der Waals surface area contributed by atoms with Gasteiger partial charge in [0, 0.05) is 38.6 Å². The van der Waals surface area contributed by atoms with E-state index in [-0.39, 0.29) is 0 Å². The van der Waals surface area contributed by atoms with E-state index in [0.29, 0.717) is 0 Å². The Balaban J connectivity index is 1.33. The average molecular weight is 272 g/mol. The molecule has 1 unspecified atom stereocenters. The highest BCUT2D eigenvalue weighted by molar-refractivity contribution is 5.39. The van der Waals surface area contributed by atoms with Crippen LogP contribution >= 0.6 is 0 Å². The molecule has 0 aromatic heterocycles. The number of hydrogen-bond acceptors (Lipinski definition) is 3. The first kappa shape index (κ1) is 12.7. The molecular weight excluding hydrogens is 248 g/mol. The van der Waals surface area contributed by atoms with Crippen LogP contribution in [0.1, 0.15) is 24.0 Å². The Morgan fingerprint density at radius 3 is 3.15 bits per heavy atom. The molecule has 108 valence electrons. The molecule has 3 aliphatic rings. The maximum atomic E-state index is 5.58. The van der Waals surface area contributed by atoms with Gasteiger partial charge in [-0.3, -0.25) is 0 Å². The van der Waals surface area contributed by atoms with Crippen molar-refractivity contribution in [3.8, 4) is 5.75 Å². The second-order valence-electron chi connectivity index (χ2n) is 6.49. The fourth-order valence-corrected chi connectivity index (χ4v) is 3.54. The first-order valence-electron chi connectivity index (χ1n) is 8.09. The number of hydrogen-bond donors (Lipinski definition) is 1. The highest BCUT2D eigenvalue weighted by atomic mass is 16.5. The van der Waals surface area contributed by atoms with Crippen LogP contribution in [0.2, 0.25) is 0 Å². The first-order chi connectivity index (χ1) is 9.88. The maximum Gasteiger partial charge on any atom is 0.122 e. The summed E-state index contributed by atoms with van der Waals surface area (Å²) in [6, 6.07) is 7.51. The van der Waals surface area contributed by atoms with Crippen LogP contribution in [0.5, 0.6) is 5.75 Å². The first-order valence-corrected chi connectivity index (χ1v) is 8.09. The highest BCUT2D eigenvalue weighted by Gasteiger charge is 2.33. The summed E-state index contributed by atoms with van der Waals surface area (Å²) in [7, 11) is 0. The number of nitrogens with one attached hydrogen (secondary N) is 1. The Bertz CT molecular complexity index is 484. The van der Waals surface area contributed by atoms with E-state index < -0.39 is 0 Å². The molecule has 0 radical (unpaired) electrons. The quantitative estimate of drug-likeness (QED) is 0.905. The predicted molar refractivity (Wildman–Crippen MR) is 80.3 cm³/mol. The van der Waals surface area contributed by atoms with Crippen LogP contribution in [-0.2, 0) is 12.8 Å². The summed E-state index contributed by atoms with van der Waals surface area (Å²) in [5, 5.41) is 3.68. The van der Waals surface area contributed by atoms with Crippen molar-refractivity contribution < 1.29 is 4.74 Å². The zero-order chi connectivity index (χ0) is 13.4. The van der Waals surface area contributed by atoms with Gasteiger partial charge >= 0.3 is 0 Å². The second-order valence-corrected chi connectivity index (χ2v) is 6.49. The van der Waals surface area contributed by atoms with Gasteiger partial charge in [0.15, 0.2) is 0 Å². The molecule has 2 aliphatic heterocycles. The molecule has 1 aromatic carbocycles. The van der Waals surface area contributed by atoms with Crippen LogP contribution in [-0.4, -0.2) is 43.7 Å². The smallest absolute Gasteiger partial charge is 0.122 e. The summed E-state index contributed by atoms with van der Waals surface area (Å²) in [5.74, 6) is 2.07. The molecule has 1 aliphatic carbocycles. The Kier molecular flexibility index (Phi) is 3.41. The molecule has 4 rings (SSSR count). The average Bonchev–Trinajstić information content (AvgIpc) is 3.24. The number of rotatable bonds is 4. The van der Waals surface area contributed by atoms with Gasteiger partial charge < -0.3 is 15.0 Å². The van der Waals surface area contributed by atoms with Gasteiger partial charge in [-0.15, -0.1) is 0 Å². The highest BCUT2D eigenvalue weighted by Crippen LogP contribution is 2.33. The Labute approximate surface area is 121 Å². The van der Waals surface area contributed by atoms with Crippen molar-refractivity contribution in [2.24, 2.45) is 5.92 Å².